The summed E-state index contributed by atoms with van der Waals surface area (Å²) in [4.78, 5) is 0. The molecular weight excluding hydrogens is 316 g/mol. The van der Waals surface area contributed by atoms with Gasteiger partial charge in [-0.15, -0.1) is 0 Å². The quantitative estimate of drug-likeness (QED) is 0.752. The van der Waals surface area contributed by atoms with Gasteiger partial charge in [-0.1, -0.05) is 40.9 Å². The summed E-state index contributed by atoms with van der Waals surface area (Å²) in [5.74, 6) is 1.16. The maximum absolute atomic E-state index is 6.33. The lowest BCUT2D eigenvalue weighted by Crippen LogP contribution is -2.53. The van der Waals surface area contributed by atoms with Gasteiger partial charge in [-0.3, -0.25) is 0 Å². The van der Waals surface area contributed by atoms with Gasteiger partial charge in [-0.25, -0.2) is 0 Å². The summed E-state index contributed by atoms with van der Waals surface area (Å²) >= 11 is 3.52. The van der Waals surface area contributed by atoms with Gasteiger partial charge in [0.15, 0.2) is 0 Å². The summed E-state index contributed by atoms with van der Waals surface area (Å²) < 4.78 is 13.8. The van der Waals surface area contributed by atoms with E-state index in [0.717, 1.165) is 17.7 Å². The van der Waals surface area contributed by atoms with Crippen LogP contribution >= 0.6 is 15.9 Å². The Hall–Kier alpha value is -0.380. The molecule has 0 amide bonds. The highest BCUT2D eigenvalue weighted by Gasteiger charge is 2.56. The normalized spacial score (nSPS) is 40.1. The van der Waals surface area contributed by atoms with Gasteiger partial charge in [0.25, 0.3) is 0 Å². The Bertz CT molecular complexity index is 486. The van der Waals surface area contributed by atoms with Crippen LogP contribution in [0.4, 0.5) is 0 Å². The van der Waals surface area contributed by atoms with E-state index in [9.17, 15) is 0 Å². The molecule has 20 heavy (non-hydrogen) atoms. The highest BCUT2D eigenvalue weighted by atomic mass is 79.9. The van der Waals surface area contributed by atoms with Crippen LogP contribution in [0.1, 0.15) is 43.8 Å². The van der Waals surface area contributed by atoms with Gasteiger partial charge in [0, 0.05) is 22.9 Å². The number of ether oxygens (including phenoxy) is 2. The van der Waals surface area contributed by atoms with Gasteiger partial charge in [0.2, 0.25) is 0 Å². The average Bonchev–Trinajstić information content (AvgIpc) is 2.89. The standard InChI is InChI=1S/C17H21BrO2/c18-14-6-4-12(5-7-14)16-15-3-1-2-9-17(15)13(11-19-16)8-10-20-17/h4-7,13,15-16H,1-3,8-11H2/t13-,15-,16-,17-/m0/s1. The van der Waals surface area contributed by atoms with Crippen molar-refractivity contribution in [3.05, 3.63) is 34.3 Å². The molecule has 0 unspecified atom stereocenters. The fourth-order valence-corrected chi connectivity index (χ4v) is 4.85. The van der Waals surface area contributed by atoms with Crippen molar-refractivity contribution in [2.75, 3.05) is 13.2 Å². The second-order valence-electron chi connectivity index (χ2n) is 6.45. The fourth-order valence-electron chi connectivity index (χ4n) is 4.58. The molecule has 4 rings (SSSR count). The van der Waals surface area contributed by atoms with E-state index < -0.39 is 0 Å². The Morgan fingerprint density at radius 3 is 2.80 bits per heavy atom. The van der Waals surface area contributed by atoms with Crippen molar-refractivity contribution in [2.45, 2.75) is 43.8 Å². The molecule has 2 saturated heterocycles. The van der Waals surface area contributed by atoms with Crippen LogP contribution in [0.2, 0.25) is 0 Å². The molecule has 3 heteroatoms. The van der Waals surface area contributed by atoms with Crippen molar-refractivity contribution >= 4 is 15.9 Å². The molecule has 1 aromatic rings. The first-order valence-electron chi connectivity index (χ1n) is 7.81. The Kier molecular flexibility index (Phi) is 3.40. The molecule has 1 aromatic carbocycles. The van der Waals surface area contributed by atoms with Crippen LogP contribution in [0.3, 0.4) is 0 Å². The molecule has 4 atom stereocenters. The topological polar surface area (TPSA) is 18.5 Å². The van der Waals surface area contributed by atoms with Crippen molar-refractivity contribution < 1.29 is 9.47 Å². The first-order chi connectivity index (χ1) is 9.79. The van der Waals surface area contributed by atoms with Crippen LogP contribution in [-0.4, -0.2) is 18.8 Å². The zero-order valence-electron chi connectivity index (χ0n) is 11.7. The molecule has 3 fully saturated rings. The SMILES string of the molecule is Brc1ccc([C@@H]2OC[C@@H]3CCO[C@@]34CCCC[C@@H]24)cc1. The van der Waals surface area contributed by atoms with E-state index in [1.807, 2.05) is 0 Å². The lowest BCUT2D eigenvalue weighted by molar-refractivity contribution is -0.196. The maximum Gasteiger partial charge on any atom is 0.0880 e. The highest BCUT2D eigenvalue weighted by molar-refractivity contribution is 9.10. The van der Waals surface area contributed by atoms with Crippen molar-refractivity contribution in [3.63, 3.8) is 0 Å². The first kappa shape index (κ1) is 13.3. The van der Waals surface area contributed by atoms with E-state index in [0.29, 0.717) is 11.8 Å². The summed E-state index contributed by atoms with van der Waals surface area (Å²) in [6, 6.07) is 8.64. The molecule has 2 aliphatic heterocycles. The minimum atomic E-state index is 0.119. The van der Waals surface area contributed by atoms with Gasteiger partial charge >= 0.3 is 0 Å². The van der Waals surface area contributed by atoms with Crippen LogP contribution in [-0.2, 0) is 9.47 Å². The van der Waals surface area contributed by atoms with E-state index >= 15 is 0 Å². The van der Waals surface area contributed by atoms with Gasteiger partial charge in [0.1, 0.15) is 0 Å². The number of halogens is 1. The van der Waals surface area contributed by atoms with Gasteiger partial charge < -0.3 is 9.47 Å². The molecule has 1 aliphatic carbocycles. The van der Waals surface area contributed by atoms with Crippen molar-refractivity contribution in [1.29, 1.82) is 0 Å². The largest absolute Gasteiger partial charge is 0.374 e. The lowest BCUT2D eigenvalue weighted by atomic mass is 9.64. The molecule has 1 spiro atoms. The maximum atomic E-state index is 6.33. The van der Waals surface area contributed by atoms with Crippen LogP contribution < -0.4 is 0 Å². The van der Waals surface area contributed by atoms with Crippen molar-refractivity contribution in [2.24, 2.45) is 11.8 Å². The number of hydrogen-bond acceptors (Lipinski definition) is 2. The molecular formula is C17H21BrO2. The molecule has 2 nitrogen and oxygen atoms in total. The molecule has 0 N–H and O–H groups in total. The third-order valence-electron chi connectivity index (χ3n) is 5.53. The van der Waals surface area contributed by atoms with Gasteiger partial charge in [0.05, 0.1) is 18.3 Å². The van der Waals surface area contributed by atoms with E-state index in [-0.39, 0.29) is 11.7 Å². The molecule has 3 aliphatic rings. The fraction of sp³-hybridized carbons (Fsp3) is 0.647. The molecule has 1 saturated carbocycles. The van der Waals surface area contributed by atoms with E-state index in [2.05, 4.69) is 40.2 Å². The summed E-state index contributed by atoms with van der Waals surface area (Å²) in [5, 5.41) is 0. The van der Waals surface area contributed by atoms with Crippen molar-refractivity contribution in [1.82, 2.24) is 0 Å². The molecule has 0 radical (unpaired) electrons. The van der Waals surface area contributed by atoms with Crippen LogP contribution in [0, 0.1) is 11.8 Å². The molecule has 2 heterocycles. The van der Waals surface area contributed by atoms with Crippen LogP contribution in [0.5, 0.6) is 0 Å². The summed E-state index contributed by atoms with van der Waals surface area (Å²) in [6.45, 7) is 1.80. The number of rotatable bonds is 1. The highest BCUT2D eigenvalue weighted by Crippen LogP contribution is 2.55. The molecule has 0 bridgehead atoms. The smallest absolute Gasteiger partial charge is 0.0880 e. The predicted octanol–water partition coefficient (Wildman–Crippen LogP) is 4.49. The zero-order valence-corrected chi connectivity index (χ0v) is 13.3. The van der Waals surface area contributed by atoms with Crippen LogP contribution in [0.25, 0.3) is 0 Å². The van der Waals surface area contributed by atoms with E-state index in [1.54, 1.807) is 0 Å². The monoisotopic (exact) mass is 336 g/mol. The summed E-state index contributed by atoms with van der Waals surface area (Å²) in [5.41, 5.74) is 1.43. The predicted molar refractivity (Wildman–Crippen MR) is 81.6 cm³/mol. The molecule has 108 valence electrons. The summed E-state index contributed by atoms with van der Waals surface area (Å²) in [7, 11) is 0. The second-order valence-corrected chi connectivity index (χ2v) is 7.36. The Morgan fingerprint density at radius 2 is 1.95 bits per heavy atom. The zero-order chi connectivity index (χ0) is 13.6. The number of hydrogen-bond donors (Lipinski definition) is 0. The first-order valence-corrected chi connectivity index (χ1v) is 8.60. The molecule has 0 aromatic heterocycles. The number of benzene rings is 1. The third kappa shape index (κ3) is 1.98. The van der Waals surface area contributed by atoms with E-state index in [4.69, 9.17) is 9.47 Å². The summed E-state index contributed by atoms with van der Waals surface area (Å²) in [6.07, 6.45) is 6.52. The minimum Gasteiger partial charge on any atom is -0.374 e. The minimum absolute atomic E-state index is 0.119. The third-order valence-corrected chi connectivity index (χ3v) is 6.06. The Balaban J connectivity index is 1.69. The second kappa shape index (κ2) is 5.11. The van der Waals surface area contributed by atoms with Gasteiger partial charge in [-0.05, 0) is 37.0 Å². The van der Waals surface area contributed by atoms with Gasteiger partial charge in [-0.2, -0.15) is 0 Å². The van der Waals surface area contributed by atoms with Crippen LogP contribution in [0.15, 0.2) is 28.7 Å². The average molecular weight is 337 g/mol. The van der Waals surface area contributed by atoms with Crippen molar-refractivity contribution in [3.8, 4) is 0 Å². The Labute approximate surface area is 129 Å². The van der Waals surface area contributed by atoms with E-state index in [1.165, 1.54) is 37.7 Å². The lowest BCUT2D eigenvalue weighted by Gasteiger charge is -2.51. The Morgan fingerprint density at radius 1 is 1.10 bits per heavy atom.